The summed E-state index contributed by atoms with van der Waals surface area (Å²) in [4.78, 5) is 15.5. The van der Waals surface area contributed by atoms with Crippen molar-refractivity contribution >= 4 is 17.4 Å². The van der Waals surface area contributed by atoms with Crippen molar-refractivity contribution in [2.24, 2.45) is 0 Å². The quantitative estimate of drug-likeness (QED) is 0.793. The van der Waals surface area contributed by atoms with Crippen molar-refractivity contribution in [3.8, 4) is 0 Å². The predicted octanol–water partition coefficient (Wildman–Crippen LogP) is 1.88. The van der Waals surface area contributed by atoms with Crippen molar-refractivity contribution in [1.82, 2.24) is 15.5 Å². The average Bonchev–Trinajstić information content (AvgIpc) is 3.16. The van der Waals surface area contributed by atoms with Crippen LogP contribution in [-0.2, 0) is 5.60 Å². The van der Waals surface area contributed by atoms with E-state index in [9.17, 15) is 9.90 Å². The molecular formula is C16H25N3O2S. The van der Waals surface area contributed by atoms with Crippen LogP contribution in [-0.4, -0.2) is 47.8 Å². The number of carbonyl (C=O) groups excluding carboxylic acids is 1. The second-order valence-electron chi connectivity index (χ2n) is 6.57. The predicted molar refractivity (Wildman–Crippen MR) is 88.0 cm³/mol. The van der Waals surface area contributed by atoms with Crippen molar-refractivity contribution < 1.29 is 9.90 Å². The molecular weight excluding hydrogens is 298 g/mol. The Balaban J connectivity index is 1.48. The SMILES string of the molecule is CC(O)(CNC(=O)NC1CCN2CCCCC12)c1cccs1. The number of fused-ring (bicyclic) bond motifs is 1. The lowest BCUT2D eigenvalue weighted by molar-refractivity contribution is 0.0629. The topological polar surface area (TPSA) is 64.6 Å². The molecule has 3 heterocycles. The van der Waals surface area contributed by atoms with Gasteiger partial charge in [0.2, 0.25) is 0 Å². The summed E-state index contributed by atoms with van der Waals surface area (Å²) in [6.07, 6.45) is 4.74. The zero-order chi connectivity index (χ0) is 15.6. The minimum atomic E-state index is -1.02. The zero-order valence-electron chi connectivity index (χ0n) is 13.0. The summed E-state index contributed by atoms with van der Waals surface area (Å²) in [5.41, 5.74) is -1.02. The van der Waals surface area contributed by atoms with Crippen LogP contribution < -0.4 is 10.6 Å². The van der Waals surface area contributed by atoms with Crippen LogP contribution in [0.15, 0.2) is 17.5 Å². The molecule has 5 nitrogen and oxygen atoms in total. The molecule has 0 bridgehead atoms. The number of nitrogens with one attached hydrogen (secondary N) is 2. The second kappa shape index (κ2) is 6.56. The van der Waals surface area contributed by atoms with Crippen molar-refractivity contribution in [2.75, 3.05) is 19.6 Å². The van der Waals surface area contributed by atoms with Crippen molar-refractivity contribution in [3.63, 3.8) is 0 Å². The molecule has 22 heavy (non-hydrogen) atoms. The van der Waals surface area contributed by atoms with E-state index in [4.69, 9.17) is 0 Å². The molecule has 3 N–H and O–H groups in total. The molecule has 0 radical (unpaired) electrons. The first-order valence-corrected chi connectivity index (χ1v) is 8.99. The van der Waals surface area contributed by atoms with Gasteiger partial charge in [-0.15, -0.1) is 11.3 Å². The molecule has 0 spiro atoms. The highest BCUT2D eigenvalue weighted by Gasteiger charge is 2.36. The van der Waals surface area contributed by atoms with E-state index in [1.807, 2.05) is 17.5 Å². The van der Waals surface area contributed by atoms with Crippen LogP contribution in [0.25, 0.3) is 0 Å². The van der Waals surface area contributed by atoms with Gasteiger partial charge in [-0.05, 0) is 44.2 Å². The maximum Gasteiger partial charge on any atom is 0.315 e. The Morgan fingerprint density at radius 3 is 3.09 bits per heavy atom. The lowest BCUT2D eigenvalue weighted by Crippen LogP contribution is -2.51. The summed E-state index contributed by atoms with van der Waals surface area (Å²) in [6, 6.07) is 4.37. The van der Waals surface area contributed by atoms with Gasteiger partial charge >= 0.3 is 6.03 Å². The van der Waals surface area contributed by atoms with Gasteiger partial charge in [0, 0.05) is 23.5 Å². The summed E-state index contributed by atoms with van der Waals surface area (Å²) in [6.45, 7) is 4.21. The van der Waals surface area contributed by atoms with E-state index >= 15 is 0 Å². The first kappa shape index (κ1) is 15.8. The van der Waals surface area contributed by atoms with Gasteiger partial charge in [0.1, 0.15) is 5.60 Å². The molecule has 3 unspecified atom stereocenters. The number of carbonyl (C=O) groups is 1. The third kappa shape index (κ3) is 3.45. The highest BCUT2D eigenvalue weighted by atomic mass is 32.1. The number of amides is 2. The fourth-order valence-electron chi connectivity index (χ4n) is 3.56. The number of rotatable bonds is 4. The van der Waals surface area contributed by atoms with E-state index in [1.165, 1.54) is 30.6 Å². The second-order valence-corrected chi connectivity index (χ2v) is 7.52. The van der Waals surface area contributed by atoms with Crippen LogP contribution in [0.3, 0.4) is 0 Å². The van der Waals surface area contributed by atoms with Crippen molar-refractivity contribution in [3.05, 3.63) is 22.4 Å². The van der Waals surface area contributed by atoms with Crippen molar-refractivity contribution in [1.29, 1.82) is 0 Å². The standard InChI is InChI=1S/C16H25N3O2S/c1-16(21,14-6-4-10-22-14)11-17-15(20)18-12-7-9-19-8-3-2-5-13(12)19/h4,6,10,12-13,21H,2-3,5,7-9,11H2,1H3,(H2,17,18,20). The largest absolute Gasteiger partial charge is 0.383 e. The lowest BCUT2D eigenvalue weighted by atomic mass is 9.99. The van der Waals surface area contributed by atoms with Crippen LogP contribution in [0.4, 0.5) is 4.79 Å². The highest BCUT2D eigenvalue weighted by molar-refractivity contribution is 7.10. The monoisotopic (exact) mass is 323 g/mol. The number of aliphatic hydroxyl groups is 1. The van der Waals surface area contributed by atoms with Gasteiger partial charge in [0.25, 0.3) is 0 Å². The van der Waals surface area contributed by atoms with E-state index in [1.54, 1.807) is 6.92 Å². The molecule has 0 aromatic carbocycles. The molecule has 2 fully saturated rings. The molecule has 0 aliphatic carbocycles. The lowest BCUT2D eigenvalue weighted by Gasteiger charge is -2.32. The Morgan fingerprint density at radius 1 is 1.45 bits per heavy atom. The molecule has 122 valence electrons. The number of urea groups is 1. The molecule has 0 saturated carbocycles. The molecule has 2 amide bonds. The third-order valence-electron chi connectivity index (χ3n) is 4.82. The van der Waals surface area contributed by atoms with Gasteiger partial charge in [-0.3, -0.25) is 4.90 Å². The summed E-state index contributed by atoms with van der Waals surface area (Å²) < 4.78 is 0. The summed E-state index contributed by atoms with van der Waals surface area (Å²) in [5, 5.41) is 18.3. The van der Waals surface area contributed by atoms with E-state index in [0.29, 0.717) is 6.04 Å². The first-order valence-electron chi connectivity index (χ1n) is 8.11. The number of hydrogen-bond acceptors (Lipinski definition) is 4. The summed E-state index contributed by atoms with van der Waals surface area (Å²) >= 11 is 1.50. The van der Waals surface area contributed by atoms with Gasteiger partial charge in [-0.25, -0.2) is 4.79 Å². The third-order valence-corrected chi connectivity index (χ3v) is 5.94. The van der Waals surface area contributed by atoms with Crippen LogP contribution in [0.1, 0.15) is 37.5 Å². The van der Waals surface area contributed by atoms with Gasteiger partial charge in [0.15, 0.2) is 0 Å². The normalized spacial score (nSPS) is 27.9. The van der Waals surface area contributed by atoms with Crippen molar-refractivity contribution in [2.45, 2.75) is 50.3 Å². The van der Waals surface area contributed by atoms with Crippen LogP contribution in [0.2, 0.25) is 0 Å². The number of nitrogens with zero attached hydrogens (tertiary/aromatic N) is 1. The van der Waals surface area contributed by atoms with Crippen LogP contribution in [0.5, 0.6) is 0 Å². The molecule has 6 heteroatoms. The van der Waals surface area contributed by atoms with E-state index < -0.39 is 5.60 Å². The van der Waals surface area contributed by atoms with Crippen LogP contribution >= 0.6 is 11.3 Å². The molecule has 1 aromatic heterocycles. The molecule has 2 saturated heterocycles. The number of piperidine rings is 1. The Labute approximate surface area is 135 Å². The fraction of sp³-hybridized carbons (Fsp3) is 0.688. The Morgan fingerprint density at radius 2 is 2.32 bits per heavy atom. The maximum absolute atomic E-state index is 12.1. The molecule has 2 aliphatic rings. The minimum absolute atomic E-state index is 0.172. The molecule has 1 aromatic rings. The average molecular weight is 323 g/mol. The summed E-state index contributed by atoms with van der Waals surface area (Å²) in [5.74, 6) is 0. The Kier molecular flexibility index (Phi) is 4.70. The Hall–Kier alpha value is -1.11. The van der Waals surface area contributed by atoms with E-state index in [2.05, 4.69) is 15.5 Å². The Bertz CT molecular complexity index is 503. The molecule has 3 rings (SSSR count). The number of hydrogen-bond donors (Lipinski definition) is 3. The van der Waals surface area contributed by atoms with Gasteiger partial charge in [-0.1, -0.05) is 12.5 Å². The number of thiophene rings is 1. The van der Waals surface area contributed by atoms with Crippen LogP contribution in [0, 0.1) is 0 Å². The summed E-state index contributed by atoms with van der Waals surface area (Å²) in [7, 11) is 0. The highest BCUT2D eigenvalue weighted by Crippen LogP contribution is 2.27. The smallest absolute Gasteiger partial charge is 0.315 e. The maximum atomic E-state index is 12.1. The fourth-order valence-corrected chi connectivity index (χ4v) is 4.35. The van der Waals surface area contributed by atoms with E-state index in [0.717, 1.165) is 24.4 Å². The zero-order valence-corrected chi connectivity index (χ0v) is 13.9. The minimum Gasteiger partial charge on any atom is -0.383 e. The van der Waals surface area contributed by atoms with Gasteiger partial charge in [0.05, 0.1) is 6.54 Å². The van der Waals surface area contributed by atoms with Gasteiger partial charge in [-0.2, -0.15) is 0 Å². The molecule has 3 atom stereocenters. The van der Waals surface area contributed by atoms with Gasteiger partial charge < -0.3 is 15.7 Å². The molecule has 2 aliphatic heterocycles. The first-order chi connectivity index (χ1) is 10.6. The van der Waals surface area contributed by atoms with E-state index in [-0.39, 0.29) is 18.6 Å².